The van der Waals surface area contributed by atoms with E-state index in [0.717, 1.165) is 17.4 Å². The maximum atomic E-state index is 12.8. The molecule has 140 valence electrons. The van der Waals surface area contributed by atoms with E-state index in [1.165, 1.54) is 4.31 Å². The zero-order valence-corrected chi connectivity index (χ0v) is 16.9. The van der Waals surface area contributed by atoms with E-state index in [9.17, 15) is 13.2 Å². The summed E-state index contributed by atoms with van der Waals surface area (Å²) in [6.45, 7) is 5.52. The molecule has 26 heavy (non-hydrogen) atoms. The molecule has 0 spiro atoms. The molecule has 2 aromatic rings. The minimum atomic E-state index is -3.65. The Hall–Kier alpha value is -2.05. The summed E-state index contributed by atoms with van der Waals surface area (Å²) in [5, 5.41) is 3.31. The fraction of sp³-hybridized carbons (Fsp3) is 0.316. The number of benzene rings is 2. The highest BCUT2D eigenvalue weighted by Gasteiger charge is 2.31. The number of aryl methyl sites for hydroxylation is 2. The molecule has 0 heterocycles. The lowest BCUT2D eigenvalue weighted by atomic mass is 10.1. The van der Waals surface area contributed by atoms with Crippen molar-refractivity contribution in [2.75, 3.05) is 15.9 Å². The van der Waals surface area contributed by atoms with Crippen LogP contribution in [0.5, 0.6) is 0 Å². The number of rotatable bonds is 6. The highest BCUT2D eigenvalue weighted by atomic mass is 35.5. The van der Waals surface area contributed by atoms with Gasteiger partial charge >= 0.3 is 0 Å². The predicted molar refractivity (Wildman–Crippen MR) is 107 cm³/mol. The third kappa shape index (κ3) is 4.77. The van der Waals surface area contributed by atoms with Gasteiger partial charge in [0.25, 0.3) is 0 Å². The van der Waals surface area contributed by atoms with Gasteiger partial charge in [-0.05, 0) is 55.7 Å². The van der Waals surface area contributed by atoms with Crippen molar-refractivity contribution in [3.05, 3.63) is 58.6 Å². The zero-order chi connectivity index (χ0) is 19.5. The van der Waals surface area contributed by atoms with Crippen molar-refractivity contribution < 1.29 is 13.2 Å². The molecular weight excluding hydrogens is 372 g/mol. The summed E-state index contributed by atoms with van der Waals surface area (Å²) < 4.78 is 26.0. The molecule has 2 aromatic carbocycles. The van der Waals surface area contributed by atoms with Crippen molar-refractivity contribution in [1.82, 2.24) is 0 Å². The van der Waals surface area contributed by atoms with Crippen LogP contribution >= 0.6 is 11.6 Å². The summed E-state index contributed by atoms with van der Waals surface area (Å²) >= 11 is 6.10. The summed E-state index contributed by atoms with van der Waals surface area (Å²) in [6.07, 6.45) is 1.43. The molecule has 0 aliphatic carbocycles. The third-order valence-electron chi connectivity index (χ3n) is 4.03. The number of nitrogens with one attached hydrogen (secondary N) is 1. The van der Waals surface area contributed by atoms with Gasteiger partial charge in [-0.25, -0.2) is 8.42 Å². The van der Waals surface area contributed by atoms with Gasteiger partial charge in [0, 0.05) is 10.7 Å². The number of hydrogen-bond donors (Lipinski definition) is 1. The molecule has 0 saturated heterocycles. The van der Waals surface area contributed by atoms with Gasteiger partial charge in [-0.1, -0.05) is 36.7 Å². The number of amides is 1. The summed E-state index contributed by atoms with van der Waals surface area (Å²) in [7, 11) is -3.65. The minimum Gasteiger partial charge on any atom is -0.324 e. The van der Waals surface area contributed by atoms with Crippen molar-refractivity contribution in [1.29, 1.82) is 0 Å². The second-order valence-electron chi connectivity index (χ2n) is 6.28. The van der Waals surface area contributed by atoms with E-state index < -0.39 is 22.0 Å². The SMILES string of the molecule is CC[C@H](C(=O)Nc1ccc(C)c(Cl)c1)N(c1cccc(C)c1)S(C)(=O)=O. The topological polar surface area (TPSA) is 66.5 Å². The molecule has 5 nitrogen and oxygen atoms in total. The van der Waals surface area contributed by atoms with Crippen molar-refractivity contribution >= 4 is 38.9 Å². The van der Waals surface area contributed by atoms with Crippen LogP contribution < -0.4 is 9.62 Å². The molecule has 0 aromatic heterocycles. The minimum absolute atomic E-state index is 0.326. The molecule has 1 atom stereocenters. The Kier molecular flexibility index (Phi) is 6.31. The fourth-order valence-corrected chi connectivity index (χ4v) is 4.11. The quantitative estimate of drug-likeness (QED) is 0.800. The van der Waals surface area contributed by atoms with Gasteiger partial charge in [0.15, 0.2) is 0 Å². The van der Waals surface area contributed by atoms with E-state index in [4.69, 9.17) is 11.6 Å². The highest BCUT2D eigenvalue weighted by Crippen LogP contribution is 2.25. The van der Waals surface area contributed by atoms with E-state index in [1.54, 1.807) is 43.3 Å². The number of carbonyl (C=O) groups excluding carboxylic acids is 1. The fourth-order valence-electron chi connectivity index (χ4n) is 2.72. The van der Waals surface area contributed by atoms with Crippen LogP contribution in [0.3, 0.4) is 0 Å². The molecule has 0 fully saturated rings. The van der Waals surface area contributed by atoms with Crippen molar-refractivity contribution in [3.63, 3.8) is 0 Å². The molecule has 7 heteroatoms. The van der Waals surface area contributed by atoms with Gasteiger partial charge in [-0.2, -0.15) is 0 Å². The van der Waals surface area contributed by atoms with Crippen molar-refractivity contribution in [3.8, 4) is 0 Å². The number of hydrogen-bond acceptors (Lipinski definition) is 3. The van der Waals surface area contributed by atoms with E-state index in [0.29, 0.717) is 22.8 Å². The number of halogens is 1. The van der Waals surface area contributed by atoms with E-state index >= 15 is 0 Å². The Morgan fingerprint density at radius 1 is 1.19 bits per heavy atom. The van der Waals surface area contributed by atoms with E-state index in [-0.39, 0.29) is 0 Å². The molecule has 1 amide bonds. The second-order valence-corrected chi connectivity index (χ2v) is 8.54. The Labute approximate surface area is 160 Å². The predicted octanol–water partition coefficient (Wildman–Crippen LogP) is 4.14. The Balaban J connectivity index is 2.38. The average Bonchev–Trinajstić information content (AvgIpc) is 2.54. The second kappa shape index (κ2) is 8.10. The van der Waals surface area contributed by atoms with Gasteiger partial charge in [0.05, 0.1) is 11.9 Å². The zero-order valence-electron chi connectivity index (χ0n) is 15.3. The first-order chi connectivity index (χ1) is 12.1. The molecule has 0 aliphatic heterocycles. The standard InChI is InChI=1S/C19H23ClN2O3S/c1-5-18(19(23)21-15-10-9-14(3)17(20)12-15)22(26(4,24)25)16-8-6-7-13(2)11-16/h6-12,18H,5H2,1-4H3,(H,21,23)/t18-/m1/s1. The molecule has 0 radical (unpaired) electrons. The van der Waals surface area contributed by atoms with E-state index in [1.807, 2.05) is 19.9 Å². The molecule has 0 unspecified atom stereocenters. The number of carbonyl (C=O) groups is 1. The van der Waals surface area contributed by atoms with Gasteiger partial charge in [0.2, 0.25) is 15.9 Å². The van der Waals surface area contributed by atoms with Crippen LogP contribution in [-0.2, 0) is 14.8 Å². The van der Waals surface area contributed by atoms with Crippen LogP contribution in [0, 0.1) is 13.8 Å². The Bertz CT molecular complexity index is 913. The van der Waals surface area contributed by atoms with Crippen LogP contribution in [0.25, 0.3) is 0 Å². The van der Waals surface area contributed by atoms with Gasteiger partial charge in [-0.15, -0.1) is 0 Å². The number of sulfonamides is 1. The van der Waals surface area contributed by atoms with Crippen LogP contribution in [0.15, 0.2) is 42.5 Å². The van der Waals surface area contributed by atoms with E-state index in [2.05, 4.69) is 5.32 Å². The molecule has 2 rings (SSSR count). The van der Waals surface area contributed by atoms with Crippen molar-refractivity contribution in [2.45, 2.75) is 33.2 Å². The lowest BCUT2D eigenvalue weighted by Crippen LogP contribution is -2.47. The van der Waals surface area contributed by atoms with Crippen LogP contribution in [0.2, 0.25) is 5.02 Å². The highest BCUT2D eigenvalue weighted by molar-refractivity contribution is 7.92. The Morgan fingerprint density at radius 2 is 1.88 bits per heavy atom. The normalized spacial score (nSPS) is 12.5. The molecule has 0 aliphatic rings. The monoisotopic (exact) mass is 394 g/mol. The smallest absolute Gasteiger partial charge is 0.248 e. The lowest BCUT2D eigenvalue weighted by molar-refractivity contribution is -0.117. The molecule has 0 bridgehead atoms. The van der Waals surface area contributed by atoms with Crippen LogP contribution in [0.1, 0.15) is 24.5 Å². The largest absolute Gasteiger partial charge is 0.324 e. The average molecular weight is 395 g/mol. The Morgan fingerprint density at radius 3 is 2.42 bits per heavy atom. The van der Waals surface area contributed by atoms with Crippen LogP contribution in [0.4, 0.5) is 11.4 Å². The van der Waals surface area contributed by atoms with Crippen molar-refractivity contribution in [2.24, 2.45) is 0 Å². The third-order valence-corrected chi connectivity index (χ3v) is 5.61. The summed E-state index contributed by atoms with van der Waals surface area (Å²) in [5.41, 5.74) is 2.81. The molecule has 1 N–H and O–H groups in total. The first kappa shape index (κ1) is 20.3. The number of nitrogens with zero attached hydrogens (tertiary/aromatic N) is 1. The van der Waals surface area contributed by atoms with Gasteiger partial charge in [-0.3, -0.25) is 9.10 Å². The molecule has 0 saturated carbocycles. The maximum Gasteiger partial charge on any atom is 0.248 e. The first-order valence-corrected chi connectivity index (χ1v) is 10.5. The molecular formula is C19H23ClN2O3S. The summed E-state index contributed by atoms with van der Waals surface area (Å²) in [5.74, 6) is -0.403. The lowest BCUT2D eigenvalue weighted by Gasteiger charge is -2.30. The summed E-state index contributed by atoms with van der Waals surface area (Å²) in [4.78, 5) is 12.8. The van der Waals surface area contributed by atoms with Gasteiger partial charge in [0.1, 0.15) is 6.04 Å². The summed E-state index contributed by atoms with van der Waals surface area (Å²) in [6, 6.07) is 11.4. The number of anilines is 2. The van der Waals surface area contributed by atoms with Gasteiger partial charge < -0.3 is 5.32 Å². The first-order valence-electron chi connectivity index (χ1n) is 8.26. The van der Waals surface area contributed by atoms with Crippen LogP contribution in [-0.4, -0.2) is 26.6 Å². The maximum absolute atomic E-state index is 12.8.